The van der Waals surface area contributed by atoms with E-state index in [2.05, 4.69) is 5.32 Å². The molecule has 4 amide bonds. The van der Waals surface area contributed by atoms with Gasteiger partial charge >= 0.3 is 6.03 Å². The van der Waals surface area contributed by atoms with Gasteiger partial charge in [0.2, 0.25) is 0 Å². The van der Waals surface area contributed by atoms with Crippen LogP contribution in [0.4, 0.5) is 10.5 Å². The lowest BCUT2D eigenvalue weighted by Gasteiger charge is -2.27. The van der Waals surface area contributed by atoms with Gasteiger partial charge in [-0.15, -0.1) is 0 Å². The molecule has 0 aliphatic carbocycles. The Morgan fingerprint density at radius 1 is 1.17 bits per heavy atom. The van der Waals surface area contributed by atoms with Crippen LogP contribution in [0.5, 0.6) is 11.5 Å². The molecular weight excluding hydrogens is 419 g/mol. The molecule has 0 aromatic heterocycles. The molecule has 2 aromatic rings. The van der Waals surface area contributed by atoms with E-state index in [9.17, 15) is 19.5 Å². The van der Waals surface area contributed by atoms with Crippen LogP contribution in [0.3, 0.4) is 0 Å². The number of hydrogen-bond acceptors (Lipinski definition) is 5. The van der Waals surface area contributed by atoms with Gasteiger partial charge < -0.3 is 9.84 Å². The summed E-state index contributed by atoms with van der Waals surface area (Å²) in [6, 6.07) is 6.68. The van der Waals surface area contributed by atoms with Crippen molar-refractivity contribution in [3.8, 4) is 11.5 Å². The SMILES string of the molecule is CCOc1cc(/C=C2\C(=O)NC(=O)N(c3cc(Cl)ccc3C)C2=O)cc(Cl)c1O. The fourth-order valence-electron chi connectivity index (χ4n) is 2.81. The molecule has 150 valence electrons. The van der Waals surface area contributed by atoms with Gasteiger partial charge in [0.15, 0.2) is 11.5 Å². The highest BCUT2D eigenvalue weighted by molar-refractivity contribution is 6.40. The summed E-state index contributed by atoms with van der Waals surface area (Å²) in [7, 11) is 0. The first-order chi connectivity index (χ1) is 13.7. The largest absolute Gasteiger partial charge is 0.503 e. The molecule has 1 saturated heterocycles. The summed E-state index contributed by atoms with van der Waals surface area (Å²) in [6.07, 6.45) is 1.27. The van der Waals surface area contributed by atoms with E-state index in [1.807, 2.05) is 0 Å². The number of barbiturate groups is 1. The Morgan fingerprint density at radius 3 is 2.59 bits per heavy atom. The number of phenolic OH excluding ortho intramolecular Hbond substituents is 1. The summed E-state index contributed by atoms with van der Waals surface area (Å²) in [6.45, 7) is 3.72. The molecule has 1 fully saturated rings. The van der Waals surface area contributed by atoms with Gasteiger partial charge in [0.25, 0.3) is 11.8 Å². The lowest BCUT2D eigenvalue weighted by molar-refractivity contribution is -0.122. The number of ether oxygens (including phenoxy) is 1. The molecule has 0 spiro atoms. The molecule has 7 nitrogen and oxygen atoms in total. The van der Waals surface area contributed by atoms with E-state index in [0.29, 0.717) is 16.1 Å². The molecule has 2 N–H and O–H groups in total. The second-order valence-electron chi connectivity index (χ2n) is 6.17. The highest BCUT2D eigenvalue weighted by Crippen LogP contribution is 2.36. The maximum atomic E-state index is 13.0. The molecule has 9 heteroatoms. The second-order valence-corrected chi connectivity index (χ2v) is 7.01. The van der Waals surface area contributed by atoms with Crippen molar-refractivity contribution in [2.45, 2.75) is 13.8 Å². The average molecular weight is 435 g/mol. The number of imide groups is 2. The number of benzene rings is 2. The number of hydrogen-bond donors (Lipinski definition) is 2. The second kappa shape index (κ2) is 8.14. The number of aromatic hydroxyl groups is 1. The van der Waals surface area contributed by atoms with E-state index in [1.54, 1.807) is 26.0 Å². The standard InChI is InChI=1S/C20H16Cl2N2O5/c1-3-29-16-8-11(7-14(22)17(16)25)6-13-18(26)23-20(28)24(19(13)27)15-9-12(21)5-4-10(15)2/h4-9,25H,3H2,1-2H3,(H,23,26,28)/b13-6+. The molecule has 3 rings (SSSR count). The van der Waals surface area contributed by atoms with Crippen LogP contribution in [0, 0.1) is 6.92 Å². The minimum atomic E-state index is -0.874. The first-order valence-corrected chi connectivity index (χ1v) is 9.31. The van der Waals surface area contributed by atoms with E-state index in [1.165, 1.54) is 24.3 Å². The van der Waals surface area contributed by atoms with E-state index < -0.39 is 17.8 Å². The van der Waals surface area contributed by atoms with E-state index in [4.69, 9.17) is 27.9 Å². The summed E-state index contributed by atoms with van der Waals surface area (Å²) >= 11 is 12.0. The van der Waals surface area contributed by atoms with Gasteiger partial charge in [0.1, 0.15) is 5.57 Å². The zero-order chi connectivity index (χ0) is 21.3. The number of carbonyl (C=O) groups is 3. The monoisotopic (exact) mass is 434 g/mol. The maximum Gasteiger partial charge on any atom is 0.335 e. The number of urea groups is 1. The van der Waals surface area contributed by atoms with Crippen LogP contribution in [0.15, 0.2) is 35.9 Å². The van der Waals surface area contributed by atoms with Gasteiger partial charge in [-0.05, 0) is 55.3 Å². The van der Waals surface area contributed by atoms with Crippen LogP contribution in [-0.2, 0) is 9.59 Å². The first-order valence-electron chi connectivity index (χ1n) is 8.55. The molecule has 1 aliphatic rings. The van der Waals surface area contributed by atoms with Crippen molar-refractivity contribution < 1.29 is 24.2 Å². The number of carbonyl (C=O) groups excluding carboxylic acids is 3. The Kier molecular flexibility index (Phi) is 5.81. The minimum Gasteiger partial charge on any atom is -0.503 e. The summed E-state index contributed by atoms with van der Waals surface area (Å²) < 4.78 is 5.31. The Morgan fingerprint density at radius 2 is 1.90 bits per heavy atom. The molecule has 0 unspecified atom stereocenters. The topological polar surface area (TPSA) is 95.9 Å². The number of nitrogens with one attached hydrogen (secondary N) is 1. The first kappa shape index (κ1) is 20.7. The number of anilines is 1. The van der Waals surface area contributed by atoms with Gasteiger partial charge in [-0.1, -0.05) is 29.3 Å². The van der Waals surface area contributed by atoms with E-state index in [-0.39, 0.29) is 34.4 Å². The van der Waals surface area contributed by atoms with E-state index >= 15 is 0 Å². The lowest BCUT2D eigenvalue weighted by Crippen LogP contribution is -2.54. The molecule has 1 heterocycles. The molecule has 2 aromatic carbocycles. The number of halogens is 2. The minimum absolute atomic E-state index is 0.00918. The Labute approximate surface area is 176 Å². The summed E-state index contributed by atoms with van der Waals surface area (Å²) in [5, 5.41) is 12.4. The molecule has 0 atom stereocenters. The van der Waals surface area contributed by atoms with Crippen molar-refractivity contribution in [3.63, 3.8) is 0 Å². The normalized spacial score (nSPS) is 15.7. The Hall–Kier alpha value is -3.03. The van der Waals surface area contributed by atoms with Crippen molar-refractivity contribution in [2.24, 2.45) is 0 Å². The van der Waals surface area contributed by atoms with Crippen molar-refractivity contribution in [3.05, 3.63) is 57.1 Å². The summed E-state index contributed by atoms with van der Waals surface area (Å²) in [5.41, 5.74) is 0.940. The predicted octanol–water partition coefficient (Wildman–Crippen LogP) is 4.07. The number of nitrogens with zero attached hydrogens (tertiary/aromatic N) is 1. The highest BCUT2D eigenvalue weighted by atomic mass is 35.5. The highest BCUT2D eigenvalue weighted by Gasteiger charge is 2.37. The smallest absolute Gasteiger partial charge is 0.335 e. The molecule has 0 radical (unpaired) electrons. The molecule has 1 aliphatic heterocycles. The van der Waals surface area contributed by atoms with Gasteiger partial charge in [-0.2, -0.15) is 0 Å². The van der Waals surface area contributed by atoms with Gasteiger partial charge in [-0.3, -0.25) is 14.9 Å². The lowest BCUT2D eigenvalue weighted by atomic mass is 10.1. The molecule has 29 heavy (non-hydrogen) atoms. The summed E-state index contributed by atoms with van der Waals surface area (Å²) in [5.74, 6) is -1.81. The Bertz CT molecular complexity index is 1070. The summed E-state index contributed by atoms with van der Waals surface area (Å²) in [4.78, 5) is 38.5. The number of rotatable bonds is 4. The Balaban J connectivity index is 2.07. The third-order valence-electron chi connectivity index (χ3n) is 4.18. The zero-order valence-corrected chi connectivity index (χ0v) is 17.0. The maximum absolute atomic E-state index is 13.0. The van der Waals surface area contributed by atoms with Crippen LogP contribution >= 0.6 is 23.2 Å². The third kappa shape index (κ3) is 4.06. The fraction of sp³-hybridized carbons (Fsp3) is 0.150. The average Bonchev–Trinajstić information content (AvgIpc) is 2.65. The fourth-order valence-corrected chi connectivity index (χ4v) is 3.19. The predicted molar refractivity (Wildman–Crippen MR) is 109 cm³/mol. The number of amides is 4. The van der Waals surface area contributed by atoms with Crippen LogP contribution in [0.2, 0.25) is 10.0 Å². The van der Waals surface area contributed by atoms with Crippen LogP contribution in [0.25, 0.3) is 6.08 Å². The van der Waals surface area contributed by atoms with Crippen molar-refractivity contribution in [2.75, 3.05) is 11.5 Å². The van der Waals surface area contributed by atoms with Crippen molar-refractivity contribution in [1.82, 2.24) is 5.32 Å². The van der Waals surface area contributed by atoms with Crippen molar-refractivity contribution in [1.29, 1.82) is 0 Å². The third-order valence-corrected chi connectivity index (χ3v) is 4.70. The quantitative estimate of drug-likeness (QED) is 0.558. The molecular formula is C20H16Cl2N2O5. The van der Waals surface area contributed by atoms with Crippen LogP contribution in [0.1, 0.15) is 18.1 Å². The van der Waals surface area contributed by atoms with Crippen LogP contribution in [-0.4, -0.2) is 29.6 Å². The van der Waals surface area contributed by atoms with E-state index in [0.717, 1.165) is 4.90 Å². The van der Waals surface area contributed by atoms with Gasteiger partial charge in [0, 0.05) is 5.02 Å². The number of aryl methyl sites for hydroxylation is 1. The molecule has 0 saturated carbocycles. The zero-order valence-electron chi connectivity index (χ0n) is 15.5. The van der Waals surface area contributed by atoms with Gasteiger partial charge in [-0.25, -0.2) is 9.69 Å². The van der Waals surface area contributed by atoms with Crippen molar-refractivity contribution >= 4 is 52.8 Å². The van der Waals surface area contributed by atoms with Gasteiger partial charge in [0.05, 0.1) is 17.3 Å². The molecule has 0 bridgehead atoms. The number of phenols is 1. The van der Waals surface area contributed by atoms with Crippen LogP contribution < -0.4 is 15.0 Å².